The highest BCUT2D eigenvalue weighted by atomic mass is 35.5. The third kappa shape index (κ3) is 3.95. The van der Waals surface area contributed by atoms with E-state index in [4.69, 9.17) is 37.4 Å². The maximum Gasteiger partial charge on any atom is 0.231 e. The minimum atomic E-state index is -0.139. The number of carbonyl (C=O) groups excluding carboxylic acids is 1. The lowest BCUT2D eigenvalue weighted by Gasteiger charge is -2.29. The Kier molecular flexibility index (Phi) is 5.55. The summed E-state index contributed by atoms with van der Waals surface area (Å²) >= 11 is 12.2. The molecule has 0 unspecified atom stereocenters. The molecule has 0 fully saturated rings. The fraction of sp³-hybridized carbons (Fsp3) is 0.160. The first kappa shape index (κ1) is 20.9. The van der Waals surface area contributed by atoms with Gasteiger partial charge in [0.25, 0.3) is 0 Å². The molecule has 5 nitrogen and oxygen atoms in total. The van der Waals surface area contributed by atoms with Crippen LogP contribution in [0.3, 0.4) is 0 Å². The summed E-state index contributed by atoms with van der Waals surface area (Å²) in [4.78, 5) is 15.1. The number of benzene rings is 3. The number of ether oxygens (including phenoxy) is 3. The van der Waals surface area contributed by atoms with Gasteiger partial charge in [0.1, 0.15) is 24.0 Å². The van der Waals surface area contributed by atoms with Gasteiger partial charge in [-0.3, -0.25) is 9.69 Å². The van der Waals surface area contributed by atoms with E-state index < -0.39 is 0 Å². The Hall–Kier alpha value is -2.99. The van der Waals surface area contributed by atoms with Crippen LogP contribution in [-0.2, 0) is 13.1 Å². The summed E-state index contributed by atoms with van der Waals surface area (Å²) in [5.41, 5.74) is 3.29. The average Bonchev–Trinajstić information content (AvgIpc) is 3.12. The molecule has 0 saturated heterocycles. The topological polar surface area (TPSA) is 48.0 Å². The van der Waals surface area contributed by atoms with Crippen molar-refractivity contribution < 1.29 is 19.0 Å². The second-order valence-corrected chi connectivity index (χ2v) is 8.46. The first-order valence-corrected chi connectivity index (χ1v) is 10.8. The molecule has 0 atom stereocenters. The summed E-state index contributed by atoms with van der Waals surface area (Å²) in [6.07, 6.45) is 1.74. The summed E-state index contributed by atoms with van der Waals surface area (Å²) in [5.74, 6) is 2.20. The quantitative estimate of drug-likeness (QED) is 0.442. The van der Waals surface area contributed by atoms with Gasteiger partial charge in [-0.1, -0.05) is 41.4 Å². The monoisotopic (exact) mass is 467 g/mol. The van der Waals surface area contributed by atoms with E-state index >= 15 is 0 Å². The molecule has 2 heterocycles. The van der Waals surface area contributed by atoms with Gasteiger partial charge in [0.2, 0.25) is 5.78 Å². The van der Waals surface area contributed by atoms with E-state index in [1.807, 2.05) is 42.5 Å². The molecule has 0 amide bonds. The van der Waals surface area contributed by atoms with Crippen molar-refractivity contribution in [3.8, 4) is 17.2 Å². The molecule has 32 heavy (non-hydrogen) atoms. The van der Waals surface area contributed by atoms with Gasteiger partial charge in [0.05, 0.1) is 28.3 Å². The number of halogens is 2. The first-order chi connectivity index (χ1) is 15.5. The fourth-order valence-corrected chi connectivity index (χ4v) is 4.17. The molecule has 7 heteroatoms. The predicted octanol–water partition coefficient (Wildman–Crippen LogP) is 5.97. The molecule has 3 aromatic rings. The van der Waals surface area contributed by atoms with E-state index in [1.54, 1.807) is 25.3 Å². The number of hydrogen-bond acceptors (Lipinski definition) is 5. The van der Waals surface area contributed by atoms with Crippen LogP contribution in [0.1, 0.15) is 27.0 Å². The maximum absolute atomic E-state index is 13.0. The number of hydrogen-bond donors (Lipinski definition) is 0. The molecule has 2 aliphatic rings. The van der Waals surface area contributed by atoms with Crippen molar-refractivity contribution in [3.63, 3.8) is 0 Å². The largest absolute Gasteiger partial charge is 0.497 e. The van der Waals surface area contributed by atoms with E-state index in [9.17, 15) is 4.79 Å². The van der Waals surface area contributed by atoms with Crippen LogP contribution in [0.5, 0.6) is 17.2 Å². The van der Waals surface area contributed by atoms with E-state index in [2.05, 4.69) is 4.90 Å². The van der Waals surface area contributed by atoms with Gasteiger partial charge in [0.15, 0.2) is 5.76 Å². The Balaban J connectivity index is 1.39. The Bertz CT molecular complexity index is 1240. The summed E-state index contributed by atoms with van der Waals surface area (Å²) in [6.45, 7) is 1.64. The van der Waals surface area contributed by atoms with Gasteiger partial charge in [-0.05, 0) is 53.6 Å². The number of nitrogens with zero attached hydrogens (tertiary/aromatic N) is 1. The number of fused-ring (bicyclic) bond motifs is 3. The molecule has 2 aliphatic heterocycles. The number of allylic oxidation sites excluding steroid dienone is 1. The Morgan fingerprint density at radius 1 is 1.06 bits per heavy atom. The van der Waals surface area contributed by atoms with E-state index in [0.29, 0.717) is 46.9 Å². The Morgan fingerprint density at radius 2 is 1.88 bits per heavy atom. The fourth-order valence-electron chi connectivity index (χ4n) is 3.85. The molecular weight excluding hydrogens is 449 g/mol. The Labute approximate surface area is 195 Å². The lowest BCUT2D eigenvalue weighted by Crippen LogP contribution is -2.31. The summed E-state index contributed by atoms with van der Waals surface area (Å²) < 4.78 is 17.2. The van der Waals surface area contributed by atoms with Crippen molar-refractivity contribution >= 4 is 35.1 Å². The highest BCUT2D eigenvalue weighted by Gasteiger charge is 2.33. The summed E-state index contributed by atoms with van der Waals surface area (Å²) in [7, 11) is 1.61. The van der Waals surface area contributed by atoms with Crippen molar-refractivity contribution in [1.29, 1.82) is 0 Å². The van der Waals surface area contributed by atoms with E-state index in [-0.39, 0.29) is 5.78 Å². The van der Waals surface area contributed by atoms with Crippen LogP contribution in [0, 0.1) is 0 Å². The third-order valence-corrected chi connectivity index (χ3v) is 6.23. The number of methoxy groups -OCH3 is 1. The zero-order valence-electron chi connectivity index (χ0n) is 17.2. The van der Waals surface area contributed by atoms with Crippen molar-refractivity contribution in [2.45, 2.75) is 13.1 Å². The zero-order chi connectivity index (χ0) is 22.2. The molecule has 5 rings (SSSR count). The van der Waals surface area contributed by atoms with Crippen LogP contribution < -0.4 is 14.2 Å². The highest BCUT2D eigenvalue weighted by Crippen LogP contribution is 2.42. The van der Waals surface area contributed by atoms with Crippen molar-refractivity contribution in [2.75, 3.05) is 13.8 Å². The summed E-state index contributed by atoms with van der Waals surface area (Å²) in [5, 5.41) is 1.04. The number of carbonyl (C=O) groups is 1. The number of Topliss-reactive ketones (excluding diaryl/α,β-unsaturated/α-hetero) is 1. The van der Waals surface area contributed by atoms with Gasteiger partial charge in [-0.2, -0.15) is 0 Å². The minimum absolute atomic E-state index is 0.139. The Morgan fingerprint density at radius 3 is 2.62 bits per heavy atom. The normalized spacial score (nSPS) is 16.3. The molecule has 0 saturated carbocycles. The molecule has 162 valence electrons. The number of rotatable bonds is 4. The molecule has 0 aromatic heterocycles. The minimum Gasteiger partial charge on any atom is -0.497 e. The smallest absolute Gasteiger partial charge is 0.231 e. The van der Waals surface area contributed by atoms with Crippen molar-refractivity contribution in [1.82, 2.24) is 4.90 Å². The summed E-state index contributed by atoms with van der Waals surface area (Å²) in [6, 6.07) is 16.6. The van der Waals surface area contributed by atoms with Gasteiger partial charge in [-0.25, -0.2) is 0 Å². The van der Waals surface area contributed by atoms with Crippen LogP contribution in [0.4, 0.5) is 0 Å². The van der Waals surface area contributed by atoms with Crippen LogP contribution in [-0.4, -0.2) is 24.5 Å². The van der Waals surface area contributed by atoms with Crippen LogP contribution in [0.25, 0.3) is 6.08 Å². The van der Waals surface area contributed by atoms with Gasteiger partial charge in [-0.15, -0.1) is 0 Å². The van der Waals surface area contributed by atoms with Gasteiger partial charge < -0.3 is 14.2 Å². The van der Waals surface area contributed by atoms with E-state index in [1.165, 1.54) is 0 Å². The first-order valence-electron chi connectivity index (χ1n) is 10.0. The molecule has 0 aliphatic carbocycles. The SMILES string of the molecule is COc1ccc(/C=C2\Oc3c(ccc4c3CN(Cc3ccc(Cl)c(Cl)c3)CO4)C2=O)cc1. The molecule has 0 spiro atoms. The molecular formula is C25H19Cl2NO4. The van der Waals surface area contributed by atoms with Crippen molar-refractivity contribution in [2.24, 2.45) is 0 Å². The van der Waals surface area contributed by atoms with Crippen molar-refractivity contribution in [3.05, 3.63) is 92.7 Å². The molecule has 0 N–H and O–H groups in total. The second-order valence-electron chi connectivity index (χ2n) is 7.64. The second kappa shape index (κ2) is 8.51. The van der Waals surface area contributed by atoms with Gasteiger partial charge in [0, 0.05) is 13.1 Å². The van der Waals surface area contributed by atoms with E-state index in [0.717, 1.165) is 28.2 Å². The number of ketones is 1. The molecule has 0 bridgehead atoms. The third-order valence-electron chi connectivity index (χ3n) is 5.49. The zero-order valence-corrected chi connectivity index (χ0v) is 18.7. The average molecular weight is 468 g/mol. The molecule has 3 aromatic carbocycles. The van der Waals surface area contributed by atoms with Crippen LogP contribution >= 0.6 is 23.2 Å². The maximum atomic E-state index is 13.0. The van der Waals surface area contributed by atoms with Crippen LogP contribution in [0.15, 0.2) is 60.4 Å². The molecule has 0 radical (unpaired) electrons. The lowest BCUT2D eigenvalue weighted by atomic mass is 10.0. The highest BCUT2D eigenvalue weighted by molar-refractivity contribution is 6.42. The standard InChI is InChI=1S/C25H19Cl2NO4/c1-30-17-5-2-15(3-6-17)11-23-24(29)18-7-9-22-19(25(18)32-23)13-28(14-31-22)12-16-4-8-20(26)21(27)10-16/h2-11H,12-14H2,1H3/b23-11-. The van der Waals surface area contributed by atoms with Crippen LogP contribution in [0.2, 0.25) is 10.0 Å². The predicted molar refractivity (Wildman–Crippen MR) is 124 cm³/mol. The lowest BCUT2D eigenvalue weighted by molar-refractivity contribution is 0.0873. The van der Waals surface area contributed by atoms with Gasteiger partial charge >= 0.3 is 0 Å².